The number of aryl methyl sites for hydroxylation is 1. The molecular formula is C21H19NO3S. The predicted octanol–water partition coefficient (Wildman–Crippen LogP) is 4.22. The number of hydrogen-bond donors (Lipinski definition) is 0. The minimum absolute atomic E-state index is 0.253. The van der Waals surface area contributed by atoms with Crippen LogP contribution in [0.1, 0.15) is 18.1 Å². The Bertz CT molecular complexity index is 1100. The third-order valence-electron chi connectivity index (χ3n) is 4.93. The third kappa shape index (κ3) is 2.59. The first kappa shape index (κ1) is 16.8. The summed E-state index contributed by atoms with van der Waals surface area (Å²) < 4.78 is 32.2. The molecule has 3 aromatic rings. The van der Waals surface area contributed by atoms with Crippen LogP contribution in [0.4, 0.5) is 0 Å². The first-order valence-electron chi connectivity index (χ1n) is 8.40. The largest absolute Gasteiger partial charge is 0.469 e. The van der Waals surface area contributed by atoms with Crippen LogP contribution in [0.25, 0.3) is 10.8 Å². The molecule has 0 unspecified atom stereocenters. The number of benzene rings is 3. The number of rotatable bonds is 3. The molecule has 132 valence electrons. The summed E-state index contributed by atoms with van der Waals surface area (Å²) >= 11 is 0. The standard InChI is InChI=1S/C21H19NO3S/c1-15-7-11-19(12-8-15)26(23,24)20-21(2,25-14-22-20)18-10-9-16-5-3-4-6-17(16)13-18/h3-14,20H,1-2H3/t20-,21-/m0/s1. The zero-order chi connectivity index (χ0) is 18.4. The number of nitrogens with zero attached hydrogens (tertiary/aromatic N) is 1. The lowest BCUT2D eigenvalue weighted by atomic mass is 9.93. The van der Waals surface area contributed by atoms with Crippen molar-refractivity contribution in [2.24, 2.45) is 4.99 Å². The van der Waals surface area contributed by atoms with Crippen LogP contribution < -0.4 is 0 Å². The Morgan fingerprint density at radius 3 is 2.38 bits per heavy atom. The highest BCUT2D eigenvalue weighted by atomic mass is 32.2. The van der Waals surface area contributed by atoms with E-state index in [9.17, 15) is 8.42 Å². The van der Waals surface area contributed by atoms with Crippen LogP contribution in [0.15, 0.2) is 76.6 Å². The van der Waals surface area contributed by atoms with Gasteiger partial charge in [0.25, 0.3) is 0 Å². The molecule has 0 amide bonds. The zero-order valence-corrected chi connectivity index (χ0v) is 15.4. The fourth-order valence-electron chi connectivity index (χ4n) is 3.34. The summed E-state index contributed by atoms with van der Waals surface area (Å²) in [6, 6.07) is 20.7. The molecular weight excluding hydrogens is 346 g/mol. The van der Waals surface area contributed by atoms with Gasteiger partial charge in [0.05, 0.1) is 4.90 Å². The summed E-state index contributed by atoms with van der Waals surface area (Å²) in [5, 5.41) is 1.10. The van der Waals surface area contributed by atoms with Gasteiger partial charge in [0.15, 0.2) is 12.0 Å². The molecule has 0 aliphatic carbocycles. The van der Waals surface area contributed by atoms with Crippen molar-refractivity contribution in [3.63, 3.8) is 0 Å². The molecule has 3 aromatic carbocycles. The van der Waals surface area contributed by atoms with E-state index < -0.39 is 20.8 Å². The minimum Gasteiger partial charge on any atom is -0.469 e. The lowest BCUT2D eigenvalue weighted by Crippen LogP contribution is -2.39. The molecule has 0 N–H and O–H groups in total. The van der Waals surface area contributed by atoms with E-state index in [4.69, 9.17) is 4.74 Å². The molecule has 0 saturated heterocycles. The van der Waals surface area contributed by atoms with Crippen LogP contribution in [0.5, 0.6) is 0 Å². The highest BCUT2D eigenvalue weighted by Crippen LogP contribution is 2.40. The molecule has 1 heterocycles. The van der Waals surface area contributed by atoms with Gasteiger partial charge in [-0.3, -0.25) is 0 Å². The van der Waals surface area contributed by atoms with Crippen LogP contribution in [0, 0.1) is 6.92 Å². The summed E-state index contributed by atoms with van der Waals surface area (Å²) in [7, 11) is -3.69. The summed E-state index contributed by atoms with van der Waals surface area (Å²) in [4.78, 5) is 4.43. The van der Waals surface area contributed by atoms with Crippen molar-refractivity contribution in [1.82, 2.24) is 0 Å². The molecule has 0 saturated carbocycles. The minimum atomic E-state index is -3.69. The average molecular weight is 365 g/mol. The Hall–Kier alpha value is -2.66. The molecule has 4 rings (SSSR count). The molecule has 0 aromatic heterocycles. The Kier molecular flexibility index (Phi) is 3.84. The van der Waals surface area contributed by atoms with E-state index in [0.29, 0.717) is 0 Å². The summed E-state index contributed by atoms with van der Waals surface area (Å²) in [5.41, 5.74) is 0.718. The number of sulfone groups is 1. The fraction of sp³-hybridized carbons (Fsp3) is 0.190. The summed E-state index contributed by atoms with van der Waals surface area (Å²) in [5.74, 6) is 0. The van der Waals surface area contributed by atoms with Crippen LogP contribution in [-0.4, -0.2) is 20.2 Å². The van der Waals surface area contributed by atoms with Gasteiger partial charge in [-0.25, -0.2) is 13.4 Å². The van der Waals surface area contributed by atoms with Crippen molar-refractivity contribution in [3.05, 3.63) is 77.9 Å². The van der Waals surface area contributed by atoms with E-state index in [1.807, 2.05) is 49.4 Å². The van der Waals surface area contributed by atoms with Gasteiger partial charge in [-0.2, -0.15) is 0 Å². The van der Waals surface area contributed by atoms with Gasteiger partial charge < -0.3 is 4.74 Å². The molecule has 0 fully saturated rings. The van der Waals surface area contributed by atoms with Crippen molar-refractivity contribution in [3.8, 4) is 0 Å². The Labute approximate surface area is 153 Å². The van der Waals surface area contributed by atoms with Gasteiger partial charge in [0.1, 0.15) is 0 Å². The van der Waals surface area contributed by atoms with Gasteiger partial charge in [-0.1, -0.05) is 54.1 Å². The molecule has 2 atom stereocenters. The smallest absolute Gasteiger partial charge is 0.205 e. The van der Waals surface area contributed by atoms with Gasteiger partial charge in [-0.05, 0) is 48.4 Å². The lowest BCUT2D eigenvalue weighted by Gasteiger charge is -2.29. The Balaban J connectivity index is 1.80. The summed E-state index contributed by atoms with van der Waals surface area (Å²) in [6.45, 7) is 3.70. The normalized spacial score (nSPS) is 22.5. The van der Waals surface area contributed by atoms with E-state index in [1.165, 1.54) is 6.40 Å². The topological polar surface area (TPSA) is 55.7 Å². The molecule has 4 nitrogen and oxygen atoms in total. The first-order valence-corrected chi connectivity index (χ1v) is 9.95. The van der Waals surface area contributed by atoms with Crippen LogP contribution in [0.3, 0.4) is 0 Å². The van der Waals surface area contributed by atoms with E-state index in [2.05, 4.69) is 4.99 Å². The molecule has 0 spiro atoms. The van der Waals surface area contributed by atoms with Crippen LogP contribution >= 0.6 is 0 Å². The highest BCUT2D eigenvalue weighted by molar-refractivity contribution is 7.92. The van der Waals surface area contributed by atoms with Crippen molar-refractivity contribution in [2.75, 3.05) is 0 Å². The molecule has 1 aliphatic rings. The Morgan fingerprint density at radius 1 is 0.962 bits per heavy atom. The van der Waals surface area contributed by atoms with Crippen molar-refractivity contribution >= 4 is 27.0 Å². The lowest BCUT2D eigenvalue weighted by molar-refractivity contribution is 0.103. The van der Waals surface area contributed by atoms with E-state index in [1.54, 1.807) is 31.2 Å². The molecule has 0 bridgehead atoms. The van der Waals surface area contributed by atoms with Crippen molar-refractivity contribution in [1.29, 1.82) is 0 Å². The van der Waals surface area contributed by atoms with Crippen molar-refractivity contribution in [2.45, 2.75) is 29.7 Å². The van der Waals surface area contributed by atoms with Crippen LogP contribution in [0.2, 0.25) is 0 Å². The van der Waals surface area contributed by atoms with Gasteiger partial charge in [-0.15, -0.1) is 0 Å². The number of fused-ring (bicyclic) bond motifs is 1. The molecule has 1 aliphatic heterocycles. The molecule has 5 heteroatoms. The van der Waals surface area contributed by atoms with Crippen molar-refractivity contribution < 1.29 is 13.2 Å². The predicted molar refractivity (Wildman–Crippen MR) is 103 cm³/mol. The van der Waals surface area contributed by atoms with Gasteiger partial charge in [0.2, 0.25) is 15.2 Å². The number of ether oxygens (including phenoxy) is 1. The zero-order valence-electron chi connectivity index (χ0n) is 14.6. The highest BCUT2D eigenvalue weighted by Gasteiger charge is 2.49. The fourth-order valence-corrected chi connectivity index (χ4v) is 5.10. The SMILES string of the molecule is Cc1ccc(S(=O)(=O)[C@@H]2N=CO[C@@]2(C)c2ccc3ccccc3c2)cc1. The maximum Gasteiger partial charge on any atom is 0.205 e. The molecule has 0 radical (unpaired) electrons. The quantitative estimate of drug-likeness (QED) is 0.698. The van der Waals surface area contributed by atoms with Gasteiger partial charge in [0, 0.05) is 0 Å². The molecule has 26 heavy (non-hydrogen) atoms. The maximum atomic E-state index is 13.2. The van der Waals surface area contributed by atoms with Gasteiger partial charge >= 0.3 is 0 Å². The number of aliphatic imine (C=N–C) groups is 1. The monoisotopic (exact) mass is 365 g/mol. The average Bonchev–Trinajstić information content (AvgIpc) is 3.05. The van der Waals surface area contributed by atoms with Crippen LogP contribution in [-0.2, 0) is 20.2 Å². The van der Waals surface area contributed by atoms with E-state index in [0.717, 1.165) is 21.9 Å². The first-order chi connectivity index (χ1) is 12.4. The maximum absolute atomic E-state index is 13.2. The van der Waals surface area contributed by atoms with E-state index >= 15 is 0 Å². The summed E-state index contributed by atoms with van der Waals surface area (Å²) in [6.07, 6.45) is 1.26. The van der Waals surface area contributed by atoms with E-state index in [-0.39, 0.29) is 4.90 Å². The number of hydrogen-bond acceptors (Lipinski definition) is 4. The second-order valence-electron chi connectivity index (χ2n) is 6.75. The second kappa shape index (κ2) is 5.95. The second-order valence-corrected chi connectivity index (χ2v) is 8.76. The third-order valence-corrected chi connectivity index (χ3v) is 7.02. The Morgan fingerprint density at radius 2 is 1.65 bits per heavy atom.